The molecule has 136 valence electrons. The highest BCUT2D eigenvalue weighted by molar-refractivity contribution is 6.31. The summed E-state index contributed by atoms with van der Waals surface area (Å²) in [6, 6.07) is 8.89. The molecule has 7 nitrogen and oxygen atoms in total. The summed E-state index contributed by atoms with van der Waals surface area (Å²) < 4.78 is 3.45. The minimum absolute atomic E-state index is 0.274. The Hall–Kier alpha value is -3.19. The Bertz CT molecular complexity index is 1180. The molecule has 3 aromatic heterocycles. The van der Waals surface area contributed by atoms with Gasteiger partial charge in [-0.1, -0.05) is 17.7 Å². The van der Waals surface area contributed by atoms with Crippen LogP contribution in [0.25, 0.3) is 16.9 Å². The zero-order valence-corrected chi connectivity index (χ0v) is 15.8. The second kappa shape index (κ2) is 6.51. The molecule has 0 aliphatic heterocycles. The molecular weight excluding hydrogens is 364 g/mol. The van der Waals surface area contributed by atoms with Gasteiger partial charge in [0.1, 0.15) is 0 Å². The first kappa shape index (κ1) is 17.2. The van der Waals surface area contributed by atoms with Gasteiger partial charge in [-0.15, -0.1) is 0 Å². The average molecular weight is 381 g/mol. The number of hydrogen-bond donors (Lipinski definition) is 1. The van der Waals surface area contributed by atoms with Crippen molar-refractivity contribution in [3.05, 3.63) is 64.7 Å². The summed E-state index contributed by atoms with van der Waals surface area (Å²) in [5.41, 5.74) is 5.08. The summed E-state index contributed by atoms with van der Waals surface area (Å²) in [5.74, 6) is -0.320. The maximum atomic E-state index is 12.7. The summed E-state index contributed by atoms with van der Waals surface area (Å²) in [7, 11) is 1.88. The van der Waals surface area contributed by atoms with Crippen LogP contribution in [0.15, 0.2) is 42.7 Å². The lowest BCUT2D eigenvalue weighted by Crippen LogP contribution is -2.13. The second-order valence-corrected chi connectivity index (χ2v) is 6.67. The van der Waals surface area contributed by atoms with E-state index in [1.54, 1.807) is 45.9 Å². The van der Waals surface area contributed by atoms with Crippen molar-refractivity contribution in [2.75, 3.05) is 5.32 Å². The number of amides is 1. The zero-order chi connectivity index (χ0) is 19.1. The van der Waals surface area contributed by atoms with Crippen LogP contribution in [0, 0.1) is 13.8 Å². The highest BCUT2D eigenvalue weighted by Gasteiger charge is 2.17. The van der Waals surface area contributed by atoms with Gasteiger partial charge in [0.15, 0.2) is 11.3 Å². The predicted octanol–water partition coefficient (Wildman–Crippen LogP) is 3.65. The number of halogens is 1. The number of carbonyl (C=O) groups excluding carboxylic acids is 1. The van der Waals surface area contributed by atoms with Crippen LogP contribution in [0.5, 0.6) is 0 Å². The molecule has 1 amide bonds. The van der Waals surface area contributed by atoms with Crippen LogP contribution in [0.1, 0.15) is 21.7 Å². The largest absolute Gasteiger partial charge is 0.320 e. The lowest BCUT2D eigenvalue weighted by Gasteiger charge is -2.08. The van der Waals surface area contributed by atoms with E-state index < -0.39 is 0 Å². The third-order valence-electron chi connectivity index (χ3n) is 4.62. The summed E-state index contributed by atoms with van der Waals surface area (Å²) in [6.45, 7) is 3.83. The standard InChI is InChI=1S/C19H17ClN6O/c1-11-14(20)5-4-6-15(11)23-19(27)16-9-18-21-8-7-17(26(18)24-16)13-10-22-25(3)12(13)2/h4-10H,1-3H3,(H,23,27). The Morgan fingerprint density at radius 1 is 1.22 bits per heavy atom. The van der Waals surface area contributed by atoms with E-state index in [4.69, 9.17) is 11.6 Å². The molecule has 1 N–H and O–H groups in total. The minimum atomic E-state index is -0.320. The number of benzene rings is 1. The molecule has 1 aromatic carbocycles. The van der Waals surface area contributed by atoms with E-state index in [0.29, 0.717) is 16.4 Å². The Balaban J connectivity index is 1.74. The monoisotopic (exact) mass is 380 g/mol. The number of rotatable bonds is 3. The van der Waals surface area contributed by atoms with E-state index in [0.717, 1.165) is 22.5 Å². The molecule has 27 heavy (non-hydrogen) atoms. The van der Waals surface area contributed by atoms with Crippen molar-refractivity contribution in [1.29, 1.82) is 0 Å². The molecule has 0 atom stereocenters. The van der Waals surface area contributed by atoms with Gasteiger partial charge in [0.25, 0.3) is 5.91 Å². The highest BCUT2D eigenvalue weighted by Crippen LogP contribution is 2.25. The van der Waals surface area contributed by atoms with Crippen molar-refractivity contribution in [3.63, 3.8) is 0 Å². The number of hydrogen-bond acceptors (Lipinski definition) is 4. The molecule has 0 saturated carbocycles. The first-order valence-corrected chi connectivity index (χ1v) is 8.73. The van der Waals surface area contributed by atoms with E-state index in [2.05, 4.69) is 20.5 Å². The lowest BCUT2D eigenvalue weighted by atomic mass is 10.2. The lowest BCUT2D eigenvalue weighted by molar-refractivity contribution is 0.102. The molecule has 0 bridgehead atoms. The van der Waals surface area contributed by atoms with E-state index >= 15 is 0 Å². The van der Waals surface area contributed by atoms with Crippen LogP contribution in [0.3, 0.4) is 0 Å². The van der Waals surface area contributed by atoms with Crippen molar-refractivity contribution >= 4 is 28.8 Å². The molecule has 0 aliphatic rings. The zero-order valence-electron chi connectivity index (χ0n) is 15.1. The van der Waals surface area contributed by atoms with Gasteiger partial charge in [-0.25, -0.2) is 9.50 Å². The summed E-state index contributed by atoms with van der Waals surface area (Å²) in [5, 5.41) is 12.2. The molecule has 8 heteroatoms. The van der Waals surface area contributed by atoms with Gasteiger partial charge >= 0.3 is 0 Å². The molecule has 0 saturated heterocycles. The fourth-order valence-corrected chi connectivity index (χ4v) is 3.06. The average Bonchev–Trinajstić information content (AvgIpc) is 3.23. The van der Waals surface area contributed by atoms with Crippen LogP contribution in [0.2, 0.25) is 5.02 Å². The van der Waals surface area contributed by atoms with Gasteiger partial charge in [-0.3, -0.25) is 9.48 Å². The number of aryl methyl sites for hydroxylation is 1. The van der Waals surface area contributed by atoms with Gasteiger partial charge in [0, 0.05) is 41.3 Å². The smallest absolute Gasteiger partial charge is 0.276 e. The number of nitrogens with zero attached hydrogens (tertiary/aromatic N) is 5. The molecule has 0 radical (unpaired) electrons. The number of aromatic nitrogens is 5. The molecule has 0 aliphatic carbocycles. The number of fused-ring (bicyclic) bond motifs is 1. The van der Waals surface area contributed by atoms with Gasteiger partial charge in [0.05, 0.1) is 11.9 Å². The highest BCUT2D eigenvalue weighted by atomic mass is 35.5. The molecule has 4 rings (SSSR count). The first-order chi connectivity index (χ1) is 13.0. The number of carbonyl (C=O) groups is 1. The van der Waals surface area contributed by atoms with Crippen molar-refractivity contribution in [2.45, 2.75) is 13.8 Å². The second-order valence-electron chi connectivity index (χ2n) is 6.26. The van der Waals surface area contributed by atoms with Crippen LogP contribution >= 0.6 is 11.6 Å². The van der Waals surface area contributed by atoms with Gasteiger partial charge in [-0.2, -0.15) is 10.2 Å². The molecule has 0 spiro atoms. The molecule has 0 unspecified atom stereocenters. The van der Waals surface area contributed by atoms with Crippen LogP contribution in [-0.2, 0) is 7.05 Å². The van der Waals surface area contributed by atoms with E-state index in [1.807, 2.05) is 27.0 Å². The van der Waals surface area contributed by atoms with Crippen LogP contribution in [0.4, 0.5) is 5.69 Å². The third kappa shape index (κ3) is 2.96. The van der Waals surface area contributed by atoms with Gasteiger partial charge in [0.2, 0.25) is 0 Å². The quantitative estimate of drug-likeness (QED) is 0.588. The van der Waals surface area contributed by atoms with E-state index in [-0.39, 0.29) is 11.6 Å². The summed E-state index contributed by atoms with van der Waals surface area (Å²) in [6.07, 6.45) is 3.47. The van der Waals surface area contributed by atoms with Gasteiger partial charge in [-0.05, 0) is 37.6 Å². The Morgan fingerprint density at radius 2 is 2.04 bits per heavy atom. The maximum absolute atomic E-state index is 12.7. The summed E-state index contributed by atoms with van der Waals surface area (Å²) >= 11 is 6.12. The maximum Gasteiger partial charge on any atom is 0.276 e. The van der Waals surface area contributed by atoms with Gasteiger partial charge < -0.3 is 5.32 Å². The topological polar surface area (TPSA) is 77.1 Å². The Morgan fingerprint density at radius 3 is 2.78 bits per heavy atom. The number of anilines is 1. The molecular formula is C19H17ClN6O. The summed E-state index contributed by atoms with van der Waals surface area (Å²) in [4.78, 5) is 17.0. The SMILES string of the molecule is Cc1c(Cl)cccc1NC(=O)c1cc2nccc(-c3cnn(C)c3C)n2n1. The third-order valence-corrected chi connectivity index (χ3v) is 5.03. The van der Waals surface area contributed by atoms with Crippen molar-refractivity contribution in [2.24, 2.45) is 7.05 Å². The molecule has 4 aromatic rings. The first-order valence-electron chi connectivity index (χ1n) is 8.36. The number of nitrogens with one attached hydrogen (secondary N) is 1. The Kier molecular flexibility index (Phi) is 4.16. The minimum Gasteiger partial charge on any atom is -0.320 e. The fraction of sp³-hybridized carbons (Fsp3) is 0.158. The fourth-order valence-electron chi connectivity index (χ4n) is 2.89. The van der Waals surface area contributed by atoms with E-state index in [1.165, 1.54) is 0 Å². The van der Waals surface area contributed by atoms with Crippen molar-refractivity contribution in [1.82, 2.24) is 24.4 Å². The Labute approximate surface area is 160 Å². The predicted molar refractivity (Wildman–Crippen MR) is 104 cm³/mol. The molecule has 3 heterocycles. The van der Waals surface area contributed by atoms with Crippen molar-refractivity contribution in [3.8, 4) is 11.3 Å². The normalized spacial score (nSPS) is 11.1. The molecule has 0 fully saturated rings. The van der Waals surface area contributed by atoms with Crippen molar-refractivity contribution < 1.29 is 4.79 Å². The van der Waals surface area contributed by atoms with E-state index in [9.17, 15) is 4.79 Å². The van der Waals surface area contributed by atoms with Crippen LogP contribution < -0.4 is 5.32 Å². The van der Waals surface area contributed by atoms with Crippen LogP contribution in [-0.4, -0.2) is 30.3 Å².